The zero-order valence-corrected chi connectivity index (χ0v) is 18.1. The Morgan fingerprint density at radius 2 is 1.38 bits per heavy atom. The molecule has 29 heavy (non-hydrogen) atoms. The van der Waals surface area contributed by atoms with E-state index in [0.29, 0.717) is 5.02 Å². The van der Waals surface area contributed by atoms with Crippen LogP contribution in [-0.4, -0.2) is 23.2 Å². The van der Waals surface area contributed by atoms with Crippen LogP contribution < -0.4 is 0 Å². The SMILES string of the molecule is O=S(=O)(O)C(c1ccc(Cl)cc1)(c1cccc(O)c1)c1cc(O)c(Cl)c(Cl)c1Cl. The molecule has 0 radical (unpaired) electrons. The van der Waals surface area contributed by atoms with Crippen molar-refractivity contribution >= 4 is 56.5 Å². The quantitative estimate of drug-likeness (QED) is 0.239. The van der Waals surface area contributed by atoms with Crippen molar-refractivity contribution in [3.05, 3.63) is 91.4 Å². The van der Waals surface area contributed by atoms with E-state index in [1.165, 1.54) is 42.5 Å². The molecule has 0 fully saturated rings. The minimum Gasteiger partial charge on any atom is -0.508 e. The first-order valence-corrected chi connectivity index (χ1v) is 10.8. The largest absolute Gasteiger partial charge is 0.508 e. The molecule has 3 aromatic rings. The monoisotopic (exact) mass is 492 g/mol. The van der Waals surface area contributed by atoms with Crippen LogP contribution in [0.5, 0.6) is 11.5 Å². The first-order chi connectivity index (χ1) is 13.5. The van der Waals surface area contributed by atoms with E-state index in [-0.39, 0.29) is 37.5 Å². The Morgan fingerprint density at radius 1 is 0.759 bits per heavy atom. The Hall–Kier alpha value is -1.67. The molecule has 0 aromatic heterocycles. The van der Waals surface area contributed by atoms with E-state index in [0.717, 1.165) is 12.1 Å². The van der Waals surface area contributed by atoms with Crippen molar-refractivity contribution in [3.63, 3.8) is 0 Å². The highest BCUT2D eigenvalue weighted by molar-refractivity contribution is 7.87. The number of phenols is 2. The highest BCUT2D eigenvalue weighted by Crippen LogP contribution is 2.51. The molecule has 152 valence electrons. The van der Waals surface area contributed by atoms with Gasteiger partial charge in [0.1, 0.15) is 16.5 Å². The number of hydrogen-bond donors (Lipinski definition) is 3. The minimum atomic E-state index is -5.04. The van der Waals surface area contributed by atoms with Gasteiger partial charge in [0.2, 0.25) is 0 Å². The highest BCUT2D eigenvalue weighted by Gasteiger charge is 2.50. The standard InChI is InChI=1S/C19H12Cl4O5S/c20-12-6-4-10(5-7-12)19(29(26,27)28,11-2-1-3-13(24)8-11)14-9-15(25)17(22)18(23)16(14)21/h1-9,24-25H,(H,26,27,28). The maximum Gasteiger partial charge on any atom is 0.283 e. The van der Waals surface area contributed by atoms with Gasteiger partial charge < -0.3 is 10.2 Å². The lowest BCUT2D eigenvalue weighted by atomic mass is 9.83. The zero-order chi connectivity index (χ0) is 21.6. The predicted octanol–water partition coefficient (Wildman–Crippen LogP) is 5.89. The van der Waals surface area contributed by atoms with Gasteiger partial charge >= 0.3 is 0 Å². The molecule has 3 aromatic carbocycles. The first kappa shape index (κ1) is 22.0. The second-order valence-corrected chi connectivity index (χ2v) is 9.23. The van der Waals surface area contributed by atoms with Gasteiger partial charge in [-0.25, -0.2) is 0 Å². The van der Waals surface area contributed by atoms with Crippen LogP contribution in [0.15, 0.2) is 54.6 Å². The number of hydrogen-bond acceptors (Lipinski definition) is 4. The average Bonchev–Trinajstić information content (AvgIpc) is 2.65. The molecular weight excluding hydrogens is 482 g/mol. The Kier molecular flexibility index (Phi) is 5.98. The van der Waals surface area contributed by atoms with Gasteiger partial charge in [-0.05, 0) is 41.5 Å². The van der Waals surface area contributed by atoms with Crippen molar-refractivity contribution in [2.75, 3.05) is 0 Å². The smallest absolute Gasteiger partial charge is 0.283 e. The number of halogens is 4. The summed E-state index contributed by atoms with van der Waals surface area (Å²) in [6.07, 6.45) is 0. The normalized spacial score (nSPS) is 13.8. The fourth-order valence-electron chi connectivity index (χ4n) is 3.17. The molecule has 0 amide bonds. The van der Waals surface area contributed by atoms with E-state index < -0.39 is 20.6 Å². The first-order valence-electron chi connectivity index (χ1n) is 7.89. The molecule has 0 saturated carbocycles. The summed E-state index contributed by atoms with van der Waals surface area (Å²) < 4.78 is 34.0. The molecule has 0 aliphatic heterocycles. The summed E-state index contributed by atoms with van der Waals surface area (Å²) in [5.41, 5.74) is -0.279. The predicted molar refractivity (Wildman–Crippen MR) is 114 cm³/mol. The fraction of sp³-hybridized carbons (Fsp3) is 0.0526. The van der Waals surface area contributed by atoms with E-state index >= 15 is 0 Å². The number of rotatable bonds is 4. The molecule has 0 heterocycles. The number of benzene rings is 3. The van der Waals surface area contributed by atoms with E-state index in [9.17, 15) is 23.2 Å². The van der Waals surface area contributed by atoms with Crippen molar-refractivity contribution in [2.45, 2.75) is 4.75 Å². The van der Waals surface area contributed by atoms with Gasteiger partial charge in [-0.2, -0.15) is 8.42 Å². The summed E-state index contributed by atoms with van der Waals surface area (Å²) in [7, 11) is -5.04. The van der Waals surface area contributed by atoms with Crippen molar-refractivity contribution < 1.29 is 23.2 Å². The van der Waals surface area contributed by atoms with Crippen molar-refractivity contribution in [1.82, 2.24) is 0 Å². The van der Waals surface area contributed by atoms with E-state index in [4.69, 9.17) is 46.4 Å². The van der Waals surface area contributed by atoms with Crippen molar-refractivity contribution in [3.8, 4) is 11.5 Å². The Bertz CT molecular complexity index is 1200. The third kappa shape index (κ3) is 3.65. The topological polar surface area (TPSA) is 94.8 Å². The summed E-state index contributed by atoms with van der Waals surface area (Å²) in [5.74, 6) is -0.803. The third-order valence-electron chi connectivity index (χ3n) is 4.40. The molecule has 0 aliphatic carbocycles. The molecule has 0 saturated heterocycles. The third-order valence-corrected chi connectivity index (χ3v) is 7.46. The second-order valence-electron chi connectivity index (χ2n) is 6.10. The summed E-state index contributed by atoms with van der Waals surface area (Å²) in [6, 6.07) is 11.8. The lowest BCUT2D eigenvalue weighted by Gasteiger charge is -2.33. The van der Waals surface area contributed by atoms with Gasteiger partial charge in [-0.1, -0.05) is 70.7 Å². The molecule has 0 aliphatic rings. The molecule has 1 atom stereocenters. The molecule has 1 unspecified atom stereocenters. The van der Waals surface area contributed by atoms with Crippen LogP contribution in [0.25, 0.3) is 0 Å². The average molecular weight is 494 g/mol. The molecule has 5 nitrogen and oxygen atoms in total. The summed E-state index contributed by atoms with van der Waals surface area (Å²) in [4.78, 5) is 0. The van der Waals surface area contributed by atoms with E-state index in [1.807, 2.05) is 0 Å². The van der Waals surface area contributed by atoms with Crippen LogP contribution in [0.1, 0.15) is 16.7 Å². The van der Waals surface area contributed by atoms with Crippen molar-refractivity contribution in [1.29, 1.82) is 0 Å². The Morgan fingerprint density at radius 3 is 1.93 bits per heavy atom. The Labute approximate surface area is 186 Å². The lowest BCUT2D eigenvalue weighted by molar-refractivity contribution is 0.455. The molecule has 0 bridgehead atoms. The van der Waals surface area contributed by atoms with Crippen molar-refractivity contribution in [2.24, 2.45) is 0 Å². The highest BCUT2D eigenvalue weighted by atomic mass is 35.5. The number of phenolic OH excluding ortho intramolecular Hbond substituents is 2. The minimum absolute atomic E-state index is 0.0367. The van der Waals surface area contributed by atoms with Crippen LogP contribution in [-0.2, 0) is 14.9 Å². The molecular formula is C19H12Cl4O5S. The van der Waals surface area contributed by atoms with Crippen LogP contribution in [0, 0.1) is 0 Å². The van der Waals surface area contributed by atoms with Gasteiger partial charge in [0.05, 0.1) is 10.0 Å². The number of aromatic hydroxyl groups is 2. The molecule has 10 heteroatoms. The summed E-state index contributed by atoms with van der Waals surface area (Å²) in [5, 5.41) is 19.6. The molecule has 3 N–H and O–H groups in total. The fourth-order valence-corrected chi connectivity index (χ4v) is 5.34. The maximum absolute atomic E-state index is 12.9. The van der Waals surface area contributed by atoms with E-state index in [1.54, 1.807) is 0 Å². The molecule has 0 spiro atoms. The van der Waals surface area contributed by atoms with Gasteiger partial charge in [-0.3, -0.25) is 4.55 Å². The van der Waals surface area contributed by atoms with Gasteiger partial charge in [0, 0.05) is 10.6 Å². The van der Waals surface area contributed by atoms with Gasteiger partial charge in [-0.15, -0.1) is 0 Å². The van der Waals surface area contributed by atoms with Gasteiger partial charge in [0.15, 0.2) is 4.75 Å². The van der Waals surface area contributed by atoms with Crippen LogP contribution in [0.3, 0.4) is 0 Å². The second kappa shape index (κ2) is 7.87. The lowest BCUT2D eigenvalue weighted by Crippen LogP contribution is -2.38. The van der Waals surface area contributed by atoms with Crippen LogP contribution >= 0.6 is 46.4 Å². The van der Waals surface area contributed by atoms with Crippen LogP contribution in [0.2, 0.25) is 20.1 Å². The van der Waals surface area contributed by atoms with Gasteiger partial charge in [0.25, 0.3) is 10.1 Å². The van der Waals surface area contributed by atoms with E-state index in [2.05, 4.69) is 0 Å². The summed E-state index contributed by atoms with van der Waals surface area (Å²) >= 11 is 24.3. The zero-order valence-electron chi connectivity index (χ0n) is 14.3. The summed E-state index contributed by atoms with van der Waals surface area (Å²) in [6.45, 7) is 0. The Balaban J connectivity index is 2.59. The molecule has 3 rings (SSSR count). The maximum atomic E-state index is 12.9. The van der Waals surface area contributed by atoms with Crippen LogP contribution in [0.4, 0.5) is 0 Å².